The second-order valence-electron chi connectivity index (χ2n) is 3.51. The van der Waals surface area contributed by atoms with Gasteiger partial charge in [-0.2, -0.15) is 5.10 Å². The van der Waals surface area contributed by atoms with Gasteiger partial charge in [0, 0.05) is 18.1 Å². The lowest BCUT2D eigenvalue weighted by Gasteiger charge is -2.02. The summed E-state index contributed by atoms with van der Waals surface area (Å²) in [6.07, 6.45) is 3.36. The highest BCUT2D eigenvalue weighted by molar-refractivity contribution is 5.87. The first kappa shape index (κ1) is 11.3. The molecule has 0 aliphatic heterocycles. The molecule has 0 aromatic carbocycles. The van der Waals surface area contributed by atoms with Gasteiger partial charge < -0.3 is 4.74 Å². The Balaban J connectivity index is 2.35. The number of esters is 1. The van der Waals surface area contributed by atoms with Crippen LogP contribution >= 0.6 is 0 Å². The van der Waals surface area contributed by atoms with E-state index in [1.807, 2.05) is 19.1 Å². The van der Waals surface area contributed by atoms with E-state index in [0.717, 1.165) is 11.4 Å². The quantitative estimate of drug-likeness (QED) is 0.755. The summed E-state index contributed by atoms with van der Waals surface area (Å²) in [4.78, 5) is 15.5. The fourth-order valence-corrected chi connectivity index (χ4v) is 1.53. The van der Waals surface area contributed by atoms with Gasteiger partial charge in [-0.15, -0.1) is 0 Å². The molecule has 17 heavy (non-hydrogen) atoms. The van der Waals surface area contributed by atoms with Crippen LogP contribution < -0.4 is 0 Å². The molecule has 0 aliphatic carbocycles. The summed E-state index contributed by atoms with van der Waals surface area (Å²) in [5.41, 5.74) is 2.06. The SMILES string of the molecule is CCOC(=O)c1cc(C)n(-c2ccncc2)n1. The summed E-state index contributed by atoms with van der Waals surface area (Å²) in [7, 11) is 0. The summed E-state index contributed by atoms with van der Waals surface area (Å²) in [5.74, 6) is -0.400. The molecule has 2 heterocycles. The summed E-state index contributed by atoms with van der Waals surface area (Å²) in [6, 6.07) is 5.36. The number of carbonyl (C=O) groups excluding carboxylic acids is 1. The molecular formula is C12H13N3O2. The summed E-state index contributed by atoms with van der Waals surface area (Å²) < 4.78 is 6.59. The number of carbonyl (C=O) groups is 1. The summed E-state index contributed by atoms with van der Waals surface area (Å²) in [5, 5.41) is 4.21. The fourth-order valence-electron chi connectivity index (χ4n) is 1.53. The molecule has 0 N–H and O–H groups in total. The molecule has 88 valence electrons. The lowest BCUT2D eigenvalue weighted by molar-refractivity contribution is 0.0519. The molecule has 5 nitrogen and oxygen atoms in total. The molecule has 0 fully saturated rings. The van der Waals surface area contributed by atoms with Gasteiger partial charge in [-0.1, -0.05) is 0 Å². The zero-order valence-corrected chi connectivity index (χ0v) is 9.75. The Kier molecular flexibility index (Phi) is 3.18. The first-order chi connectivity index (χ1) is 8.22. The van der Waals surface area contributed by atoms with Crippen molar-refractivity contribution in [3.63, 3.8) is 0 Å². The molecule has 0 amide bonds. The van der Waals surface area contributed by atoms with E-state index >= 15 is 0 Å². The second kappa shape index (κ2) is 4.78. The van der Waals surface area contributed by atoms with Gasteiger partial charge in [0.05, 0.1) is 12.3 Å². The standard InChI is InChI=1S/C12H13N3O2/c1-3-17-12(16)11-8-9(2)15(14-11)10-4-6-13-7-5-10/h4-8H,3H2,1-2H3. The Hall–Kier alpha value is -2.17. The van der Waals surface area contributed by atoms with Gasteiger partial charge in [0.25, 0.3) is 0 Å². The number of nitrogens with zero attached hydrogens (tertiary/aromatic N) is 3. The van der Waals surface area contributed by atoms with Crippen LogP contribution in [0.1, 0.15) is 23.1 Å². The Morgan fingerprint density at radius 2 is 2.12 bits per heavy atom. The van der Waals surface area contributed by atoms with Crippen LogP contribution in [-0.4, -0.2) is 27.3 Å². The number of hydrogen-bond donors (Lipinski definition) is 0. The molecule has 0 spiro atoms. The Morgan fingerprint density at radius 3 is 2.76 bits per heavy atom. The van der Waals surface area contributed by atoms with Crippen molar-refractivity contribution in [1.82, 2.24) is 14.8 Å². The van der Waals surface area contributed by atoms with Crippen LogP contribution in [0.25, 0.3) is 5.69 Å². The molecule has 0 bridgehead atoms. The third-order valence-corrected chi connectivity index (χ3v) is 2.28. The number of hydrogen-bond acceptors (Lipinski definition) is 4. The fraction of sp³-hybridized carbons (Fsp3) is 0.250. The Bertz CT molecular complexity index is 520. The molecule has 5 heteroatoms. The van der Waals surface area contributed by atoms with Gasteiger partial charge in [0.15, 0.2) is 5.69 Å². The van der Waals surface area contributed by atoms with Crippen LogP contribution in [-0.2, 0) is 4.74 Å². The zero-order chi connectivity index (χ0) is 12.3. The molecular weight excluding hydrogens is 218 g/mol. The second-order valence-corrected chi connectivity index (χ2v) is 3.51. The van der Waals surface area contributed by atoms with Crippen molar-refractivity contribution in [2.45, 2.75) is 13.8 Å². The van der Waals surface area contributed by atoms with E-state index in [0.29, 0.717) is 12.3 Å². The first-order valence-electron chi connectivity index (χ1n) is 5.36. The summed E-state index contributed by atoms with van der Waals surface area (Å²) in [6.45, 7) is 4.00. The third kappa shape index (κ3) is 2.33. The Morgan fingerprint density at radius 1 is 1.41 bits per heavy atom. The molecule has 0 saturated heterocycles. The van der Waals surface area contributed by atoms with E-state index in [-0.39, 0.29) is 0 Å². The van der Waals surface area contributed by atoms with Crippen LogP contribution in [0.5, 0.6) is 0 Å². The number of rotatable bonds is 3. The Labute approximate surface area is 99.1 Å². The van der Waals surface area contributed by atoms with Gasteiger partial charge in [-0.05, 0) is 32.0 Å². The highest BCUT2D eigenvalue weighted by Gasteiger charge is 2.13. The normalized spacial score (nSPS) is 10.2. The maximum absolute atomic E-state index is 11.5. The molecule has 0 aliphatic rings. The van der Waals surface area contributed by atoms with Gasteiger partial charge in [-0.25, -0.2) is 9.48 Å². The molecule has 0 saturated carbocycles. The van der Waals surface area contributed by atoms with E-state index in [1.165, 1.54) is 0 Å². The van der Waals surface area contributed by atoms with E-state index < -0.39 is 5.97 Å². The molecule has 0 unspecified atom stereocenters. The van der Waals surface area contributed by atoms with Crippen molar-refractivity contribution in [2.24, 2.45) is 0 Å². The summed E-state index contributed by atoms with van der Waals surface area (Å²) >= 11 is 0. The van der Waals surface area contributed by atoms with Crippen LogP contribution in [0.3, 0.4) is 0 Å². The molecule has 2 rings (SSSR count). The van der Waals surface area contributed by atoms with Crippen LogP contribution in [0.4, 0.5) is 0 Å². The number of ether oxygens (including phenoxy) is 1. The molecule has 0 radical (unpaired) electrons. The first-order valence-corrected chi connectivity index (χ1v) is 5.36. The van der Waals surface area contributed by atoms with Crippen LogP contribution in [0, 0.1) is 6.92 Å². The van der Waals surface area contributed by atoms with Gasteiger partial charge in [0.2, 0.25) is 0 Å². The lowest BCUT2D eigenvalue weighted by atomic mass is 10.3. The number of aromatic nitrogens is 3. The number of pyridine rings is 1. The van der Waals surface area contributed by atoms with Crippen molar-refractivity contribution >= 4 is 5.97 Å². The van der Waals surface area contributed by atoms with Gasteiger partial charge in [-0.3, -0.25) is 4.98 Å². The number of aryl methyl sites for hydroxylation is 1. The van der Waals surface area contributed by atoms with E-state index in [9.17, 15) is 4.79 Å². The van der Waals surface area contributed by atoms with E-state index in [1.54, 1.807) is 30.1 Å². The molecule has 0 atom stereocenters. The monoisotopic (exact) mass is 231 g/mol. The van der Waals surface area contributed by atoms with Crippen LogP contribution in [0.15, 0.2) is 30.6 Å². The smallest absolute Gasteiger partial charge is 0.358 e. The maximum Gasteiger partial charge on any atom is 0.358 e. The van der Waals surface area contributed by atoms with Crippen molar-refractivity contribution in [1.29, 1.82) is 0 Å². The van der Waals surface area contributed by atoms with Crippen molar-refractivity contribution in [3.8, 4) is 5.69 Å². The van der Waals surface area contributed by atoms with E-state index in [2.05, 4.69) is 10.1 Å². The van der Waals surface area contributed by atoms with Crippen molar-refractivity contribution < 1.29 is 9.53 Å². The highest BCUT2D eigenvalue weighted by atomic mass is 16.5. The maximum atomic E-state index is 11.5. The van der Waals surface area contributed by atoms with Gasteiger partial charge in [0.1, 0.15) is 0 Å². The molecule has 2 aromatic rings. The topological polar surface area (TPSA) is 57.0 Å². The third-order valence-electron chi connectivity index (χ3n) is 2.28. The predicted molar refractivity (Wildman–Crippen MR) is 62.1 cm³/mol. The predicted octanol–water partition coefficient (Wildman–Crippen LogP) is 1.75. The van der Waals surface area contributed by atoms with Gasteiger partial charge >= 0.3 is 5.97 Å². The average molecular weight is 231 g/mol. The average Bonchev–Trinajstić information content (AvgIpc) is 2.73. The largest absolute Gasteiger partial charge is 0.461 e. The zero-order valence-electron chi connectivity index (χ0n) is 9.75. The lowest BCUT2D eigenvalue weighted by Crippen LogP contribution is -2.06. The minimum Gasteiger partial charge on any atom is -0.461 e. The van der Waals surface area contributed by atoms with Crippen molar-refractivity contribution in [2.75, 3.05) is 6.61 Å². The van der Waals surface area contributed by atoms with Crippen molar-refractivity contribution in [3.05, 3.63) is 42.0 Å². The highest BCUT2D eigenvalue weighted by Crippen LogP contribution is 2.11. The van der Waals surface area contributed by atoms with E-state index in [4.69, 9.17) is 4.74 Å². The minimum absolute atomic E-state index is 0.321. The van der Waals surface area contributed by atoms with Crippen LogP contribution in [0.2, 0.25) is 0 Å². The minimum atomic E-state index is -0.400. The molecule has 2 aromatic heterocycles.